The molecule has 9 heteroatoms. The topological polar surface area (TPSA) is 103 Å². The Kier molecular flexibility index (Phi) is 5.12. The summed E-state index contributed by atoms with van der Waals surface area (Å²) in [4.78, 5) is 19.2. The Bertz CT molecular complexity index is 1280. The second kappa shape index (κ2) is 7.89. The Morgan fingerprint density at radius 2 is 2.07 bits per heavy atom. The molecule has 2 aromatic carbocycles. The van der Waals surface area contributed by atoms with Crippen LogP contribution >= 0.6 is 11.6 Å². The number of aromatic nitrogens is 2. The van der Waals surface area contributed by atoms with E-state index in [1.807, 2.05) is 6.07 Å². The molecule has 0 unspecified atom stereocenters. The van der Waals surface area contributed by atoms with Gasteiger partial charge in [-0.2, -0.15) is 5.26 Å². The Morgan fingerprint density at radius 1 is 1.30 bits per heavy atom. The van der Waals surface area contributed by atoms with Gasteiger partial charge in [-0.3, -0.25) is 9.56 Å². The van der Waals surface area contributed by atoms with E-state index in [0.29, 0.717) is 22.4 Å². The maximum Gasteiger partial charge on any atom is 0.329 e. The van der Waals surface area contributed by atoms with Crippen LogP contribution in [0.5, 0.6) is 11.6 Å². The van der Waals surface area contributed by atoms with E-state index in [9.17, 15) is 14.3 Å². The summed E-state index contributed by atoms with van der Waals surface area (Å²) < 4.78 is 18.8. The number of halogens is 2. The van der Waals surface area contributed by atoms with E-state index in [1.54, 1.807) is 42.5 Å². The van der Waals surface area contributed by atoms with Gasteiger partial charge in [-0.25, -0.2) is 9.18 Å². The molecule has 150 valence electrons. The number of hydrogen-bond acceptors (Lipinski definition) is 5. The van der Waals surface area contributed by atoms with E-state index in [1.165, 1.54) is 10.8 Å². The van der Waals surface area contributed by atoms with Crippen LogP contribution in [0.2, 0.25) is 5.02 Å². The zero-order valence-corrected chi connectivity index (χ0v) is 16.2. The molecule has 0 spiro atoms. The number of allylic oxidation sites excluding steroid dienone is 1. The molecule has 0 atom stereocenters. The summed E-state index contributed by atoms with van der Waals surface area (Å²) in [6.45, 7) is -0.915. The van der Waals surface area contributed by atoms with Crippen molar-refractivity contribution in [3.05, 3.63) is 74.3 Å². The SMILES string of the molecule is N#Cc1ccc(Cn2c(O)c(/C=C3\C=Nc4c3ccc(Cl)c4OCF)[nH]c2=O)cc1. The number of aromatic amines is 1. The summed E-state index contributed by atoms with van der Waals surface area (Å²) >= 11 is 6.05. The van der Waals surface area contributed by atoms with Gasteiger partial charge in [0, 0.05) is 17.4 Å². The lowest BCUT2D eigenvalue weighted by Gasteiger charge is -2.08. The van der Waals surface area contributed by atoms with Crippen LogP contribution in [0.1, 0.15) is 22.4 Å². The summed E-state index contributed by atoms with van der Waals surface area (Å²) in [7, 11) is 0. The molecule has 0 amide bonds. The van der Waals surface area contributed by atoms with Crippen LogP contribution in [0.15, 0.2) is 46.2 Å². The van der Waals surface area contributed by atoms with E-state index in [2.05, 4.69) is 9.98 Å². The fourth-order valence-corrected chi connectivity index (χ4v) is 3.38. The number of nitrogens with zero attached hydrogens (tertiary/aromatic N) is 3. The first-order valence-electron chi connectivity index (χ1n) is 8.80. The van der Waals surface area contributed by atoms with Gasteiger partial charge in [-0.1, -0.05) is 29.8 Å². The molecule has 0 aliphatic carbocycles. The summed E-state index contributed by atoms with van der Waals surface area (Å²) in [6.07, 6.45) is 3.08. The lowest BCUT2D eigenvalue weighted by Crippen LogP contribution is -2.17. The molecule has 30 heavy (non-hydrogen) atoms. The van der Waals surface area contributed by atoms with Gasteiger partial charge in [0.2, 0.25) is 12.7 Å². The number of fused-ring (bicyclic) bond motifs is 1. The maximum absolute atomic E-state index is 12.7. The predicted octanol–water partition coefficient (Wildman–Crippen LogP) is 4.02. The van der Waals surface area contributed by atoms with Gasteiger partial charge >= 0.3 is 5.69 Å². The number of H-pyrrole nitrogens is 1. The van der Waals surface area contributed by atoms with Crippen molar-refractivity contribution >= 4 is 35.2 Å². The van der Waals surface area contributed by atoms with Gasteiger partial charge in [0.25, 0.3) is 0 Å². The van der Waals surface area contributed by atoms with Crippen molar-refractivity contribution in [1.82, 2.24) is 9.55 Å². The van der Waals surface area contributed by atoms with Gasteiger partial charge in [0.1, 0.15) is 11.4 Å². The molecule has 7 nitrogen and oxygen atoms in total. The average molecular weight is 425 g/mol. The number of imidazole rings is 1. The summed E-state index contributed by atoms with van der Waals surface area (Å²) in [5, 5.41) is 19.7. The molecule has 0 saturated carbocycles. The van der Waals surface area contributed by atoms with Crippen LogP contribution in [-0.4, -0.2) is 27.7 Å². The molecule has 3 aromatic rings. The van der Waals surface area contributed by atoms with Crippen LogP contribution in [-0.2, 0) is 6.54 Å². The Hall–Kier alpha value is -3.83. The maximum atomic E-state index is 12.7. The Balaban J connectivity index is 1.68. The van der Waals surface area contributed by atoms with Gasteiger partial charge in [-0.05, 0) is 29.8 Å². The number of nitrogens with one attached hydrogen (secondary N) is 1. The van der Waals surface area contributed by atoms with Crippen molar-refractivity contribution < 1.29 is 14.2 Å². The molecule has 0 saturated heterocycles. The number of aliphatic imine (C=N–C) groups is 1. The summed E-state index contributed by atoms with van der Waals surface area (Å²) in [5.41, 5.74) is 2.56. The van der Waals surface area contributed by atoms with Gasteiger partial charge in [0.15, 0.2) is 5.75 Å². The van der Waals surface area contributed by atoms with E-state index >= 15 is 0 Å². The van der Waals surface area contributed by atoms with Gasteiger partial charge < -0.3 is 14.8 Å². The second-order valence-corrected chi connectivity index (χ2v) is 6.85. The third-order valence-electron chi connectivity index (χ3n) is 4.63. The van der Waals surface area contributed by atoms with Crippen molar-refractivity contribution in [2.75, 3.05) is 6.86 Å². The molecule has 2 N–H and O–H groups in total. The Morgan fingerprint density at radius 3 is 2.77 bits per heavy atom. The predicted molar refractivity (Wildman–Crippen MR) is 111 cm³/mol. The highest BCUT2D eigenvalue weighted by molar-refractivity contribution is 6.33. The first-order chi connectivity index (χ1) is 14.5. The first-order valence-corrected chi connectivity index (χ1v) is 9.18. The molecule has 4 rings (SSSR count). The molecule has 0 fully saturated rings. The number of nitriles is 1. The minimum absolute atomic E-state index is 0.130. The van der Waals surface area contributed by atoms with Crippen molar-refractivity contribution in [2.45, 2.75) is 6.54 Å². The van der Waals surface area contributed by atoms with Crippen molar-refractivity contribution in [3.8, 4) is 17.7 Å². The van der Waals surface area contributed by atoms with Crippen LogP contribution in [0, 0.1) is 11.3 Å². The standard InChI is InChI=1S/C21H14ClFN4O3/c22-16-6-5-15-14(9-25-18(15)19(16)30-11-23)7-17-20(28)27(21(29)26-17)10-13-3-1-12(8-24)2-4-13/h1-7,9,28H,10-11H2,(H,26,29)/b14-7+. The second-order valence-electron chi connectivity index (χ2n) is 6.45. The zero-order chi connectivity index (χ0) is 21.3. The quantitative estimate of drug-likeness (QED) is 0.645. The van der Waals surface area contributed by atoms with Crippen molar-refractivity contribution in [2.24, 2.45) is 4.99 Å². The first kappa shape index (κ1) is 19.5. The highest BCUT2D eigenvalue weighted by Gasteiger charge is 2.21. The minimum Gasteiger partial charge on any atom is -0.493 e. The lowest BCUT2D eigenvalue weighted by molar-refractivity contribution is 0.192. The molecule has 0 radical (unpaired) electrons. The van der Waals surface area contributed by atoms with E-state index < -0.39 is 12.6 Å². The fourth-order valence-electron chi connectivity index (χ4n) is 3.17. The number of benzene rings is 2. The van der Waals surface area contributed by atoms with Crippen molar-refractivity contribution in [3.63, 3.8) is 0 Å². The highest BCUT2D eigenvalue weighted by atomic mass is 35.5. The third kappa shape index (κ3) is 3.47. The number of rotatable bonds is 5. The molecule has 1 aromatic heterocycles. The zero-order valence-electron chi connectivity index (χ0n) is 15.4. The highest BCUT2D eigenvalue weighted by Crippen LogP contribution is 2.44. The number of alkyl halides is 1. The normalized spacial score (nSPS) is 13.4. The Labute approximate surface area is 175 Å². The van der Waals surface area contributed by atoms with Crippen LogP contribution in [0.25, 0.3) is 11.6 Å². The molecule has 2 heterocycles. The van der Waals surface area contributed by atoms with E-state index in [-0.39, 0.29) is 28.9 Å². The van der Waals surface area contributed by atoms with Gasteiger partial charge in [0.05, 0.1) is 23.2 Å². The van der Waals surface area contributed by atoms with Gasteiger partial charge in [-0.15, -0.1) is 0 Å². The lowest BCUT2D eigenvalue weighted by atomic mass is 10.1. The monoisotopic (exact) mass is 424 g/mol. The van der Waals surface area contributed by atoms with Crippen molar-refractivity contribution in [1.29, 1.82) is 5.26 Å². The molecular formula is C21H14ClFN4O3. The van der Waals surface area contributed by atoms with E-state index in [4.69, 9.17) is 21.6 Å². The molecule has 1 aliphatic heterocycles. The smallest absolute Gasteiger partial charge is 0.329 e. The molecule has 1 aliphatic rings. The number of ether oxygens (including phenoxy) is 1. The minimum atomic E-state index is -1.04. The summed E-state index contributed by atoms with van der Waals surface area (Å²) in [5.74, 6) is -0.111. The third-order valence-corrected chi connectivity index (χ3v) is 4.93. The van der Waals surface area contributed by atoms with Crippen LogP contribution in [0.4, 0.5) is 10.1 Å². The molecular weight excluding hydrogens is 411 g/mol. The number of hydrogen-bond donors (Lipinski definition) is 2. The van der Waals surface area contributed by atoms with Crippen LogP contribution in [0.3, 0.4) is 0 Å². The largest absolute Gasteiger partial charge is 0.493 e. The number of aromatic hydroxyl groups is 1. The van der Waals surface area contributed by atoms with Crippen LogP contribution < -0.4 is 10.4 Å². The summed E-state index contributed by atoms with van der Waals surface area (Å²) in [6, 6.07) is 12.0. The fraction of sp³-hybridized carbons (Fsp3) is 0.0952. The van der Waals surface area contributed by atoms with E-state index in [0.717, 1.165) is 5.56 Å². The average Bonchev–Trinajstić information content (AvgIpc) is 3.27. The molecule has 0 bridgehead atoms.